The number of fused-ring (bicyclic) bond motifs is 2. The molecule has 0 spiro atoms. The lowest BCUT2D eigenvalue weighted by Gasteiger charge is -2.40. The van der Waals surface area contributed by atoms with Crippen LogP contribution in [0.1, 0.15) is 61.9 Å². The molecule has 2 bridgehead atoms. The quantitative estimate of drug-likeness (QED) is 0.572. The van der Waals surface area contributed by atoms with Gasteiger partial charge in [-0.2, -0.15) is 4.98 Å². The third-order valence-corrected chi connectivity index (χ3v) is 7.93. The number of rotatable bonds is 6. The molecule has 2 aromatic rings. The summed E-state index contributed by atoms with van der Waals surface area (Å²) in [6, 6.07) is 4.95. The number of oxazole rings is 1. The molecule has 0 saturated heterocycles. The van der Waals surface area contributed by atoms with Crippen LogP contribution in [0.25, 0.3) is 0 Å². The average molecular weight is 529 g/mol. The van der Waals surface area contributed by atoms with Crippen LogP contribution in [0.5, 0.6) is 11.8 Å². The van der Waals surface area contributed by atoms with Crippen LogP contribution in [0, 0.1) is 5.92 Å². The van der Waals surface area contributed by atoms with E-state index < -0.39 is 30.8 Å². The predicted molar refractivity (Wildman–Crippen MR) is 117 cm³/mol. The summed E-state index contributed by atoms with van der Waals surface area (Å²) < 4.78 is 57.9. The number of ether oxygens (including phenoxy) is 3. The van der Waals surface area contributed by atoms with Gasteiger partial charge in [-0.1, -0.05) is 11.6 Å². The number of aliphatic hydroxyl groups is 1. The first-order valence-corrected chi connectivity index (χ1v) is 12.3. The molecule has 7 rings (SSSR count). The van der Waals surface area contributed by atoms with Crippen molar-refractivity contribution in [3.63, 3.8) is 0 Å². The maximum absolute atomic E-state index is 13.0. The number of nitrogens with zero attached hydrogens (tertiary/aromatic N) is 1. The van der Waals surface area contributed by atoms with E-state index in [1.807, 2.05) is 0 Å². The van der Waals surface area contributed by atoms with Crippen LogP contribution < -0.4 is 14.8 Å². The van der Waals surface area contributed by atoms with E-state index in [1.165, 1.54) is 0 Å². The van der Waals surface area contributed by atoms with Crippen LogP contribution in [-0.4, -0.2) is 46.2 Å². The van der Waals surface area contributed by atoms with E-state index in [4.69, 9.17) is 25.5 Å². The number of nitrogens with one attached hydrogen (secondary N) is 1. The number of alkyl halides is 3. The largest absolute Gasteiger partial charge is 0.522 e. The van der Waals surface area contributed by atoms with Crippen molar-refractivity contribution in [1.82, 2.24) is 10.3 Å². The van der Waals surface area contributed by atoms with E-state index in [2.05, 4.69) is 15.0 Å². The fraction of sp³-hybridized carbons (Fsp3) is 0.583. The van der Waals surface area contributed by atoms with Crippen LogP contribution in [0.15, 0.2) is 28.8 Å². The van der Waals surface area contributed by atoms with Crippen molar-refractivity contribution in [2.75, 3.05) is 0 Å². The zero-order chi connectivity index (χ0) is 25.2. The lowest BCUT2D eigenvalue weighted by Crippen LogP contribution is -2.56. The molecule has 2 heterocycles. The first kappa shape index (κ1) is 23.9. The summed E-state index contributed by atoms with van der Waals surface area (Å²) in [4.78, 5) is 17.1. The normalized spacial score (nSPS) is 34.7. The number of amides is 1. The summed E-state index contributed by atoms with van der Waals surface area (Å²) >= 11 is 6.00. The van der Waals surface area contributed by atoms with Crippen LogP contribution in [0.2, 0.25) is 5.02 Å². The van der Waals surface area contributed by atoms with Gasteiger partial charge >= 0.3 is 12.4 Å². The number of hydrogen-bond acceptors (Lipinski definition) is 7. The second-order valence-corrected chi connectivity index (χ2v) is 10.7. The molecular weight excluding hydrogens is 505 g/mol. The molecule has 1 unspecified atom stereocenters. The lowest BCUT2D eigenvalue weighted by molar-refractivity contribution is -0.355. The monoisotopic (exact) mass is 528 g/mol. The van der Waals surface area contributed by atoms with Crippen LogP contribution in [0.4, 0.5) is 13.2 Å². The summed E-state index contributed by atoms with van der Waals surface area (Å²) in [5.41, 5.74) is 0.202. The number of carbonyl (C=O) groups excluding carboxylic acids is 1. The molecule has 3 atom stereocenters. The van der Waals surface area contributed by atoms with Crippen molar-refractivity contribution >= 4 is 17.5 Å². The molecule has 4 fully saturated rings. The Balaban J connectivity index is 1.02. The summed E-state index contributed by atoms with van der Waals surface area (Å²) in [6.07, 6.45) is -3.39. The fourth-order valence-electron chi connectivity index (χ4n) is 5.93. The van der Waals surface area contributed by atoms with Gasteiger partial charge < -0.3 is 24.3 Å². The Bertz CT molecular complexity index is 1160. The van der Waals surface area contributed by atoms with E-state index in [0.29, 0.717) is 34.4 Å². The SMILES string of the molecule is O=C(NC12CC(C1)C(c1cnc(O[C@H]3C[C@@H](OC(F)(F)F)C3)o1)C2)[C@H]1C[C@@H](O)c2cc(Cl)ccc2O1. The maximum atomic E-state index is 13.0. The standard InChI is InChI=1S/C24H24ClF3N2O6/c25-12-1-2-18-15(3-12)17(31)6-19(34-18)21(32)30-23-7-11(8-23)16(9-23)20-10-29-22(35-20)33-13-4-14(5-13)36-24(26,27)28/h1-3,10-11,13-14,16-17,19,31H,4-9H2,(H,30,32)/t11?,13-,14+,16?,17-,19-,23?/m1/s1. The van der Waals surface area contributed by atoms with Gasteiger partial charge in [-0.05, 0) is 43.4 Å². The second kappa shape index (κ2) is 8.53. The molecule has 4 aliphatic carbocycles. The number of aromatic nitrogens is 1. The van der Waals surface area contributed by atoms with Crippen LogP contribution in [0.3, 0.4) is 0 Å². The molecule has 1 aromatic carbocycles. The Hall–Kier alpha value is -2.50. The lowest BCUT2D eigenvalue weighted by atomic mass is 9.75. The van der Waals surface area contributed by atoms with Gasteiger partial charge in [0.15, 0.2) is 6.10 Å². The zero-order valence-corrected chi connectivity index (χ0v) is 19.7. The number of halogens is 4. The van der Waals surface area contributed by atoms with Crippen molar-refractivity contribution in [2.24, 2.45) is 5.92 Å². The predicted octanol–water partition coefficient (Wildman–Crippen LogP) is 4.41. The summed E-state index contributed by atoms with van der Waals surface area (Å²) in [7, 11) is 0. The van der Waals surface area contributed by atoms with E-state index >= 15 is 0 Å². The molecule has 4 saturated carbocycles. The number of hydrogen-bond donors (Lipinski definition) is 2. The summed E-state index contributed by atoms with van der Waals surface area (Å²) in [5.74, 6) is 1.19. The molecule has 5 aliphatic rings. The highest BCUT2D eigenvalue weighted by Gasteiger charge is 2.58. The molecule has 8 nitrogen and oxygen atoms in total. The highest BCUT2D eigenvalue weighted by Crippen LogP contribution is 2.59. The molecule has 1 aromatic heterocycles. The van der Waals surface area contributed by atoms with E-state index in [1.54, 1.807) is 24.4 Å². The first-order valence-electron chi connectivity index (χ1n) is 11.9. The maximum Gasteiger partial charge on any atom is 0.522 e. The molecule has 12 heteroatoms. The molecule has 0 radical (unpaired) electrons. The van der Waals surface area contributed by atoms with Gasteiger partial charge in [-0.3, -0.25) is 9.53 Å². The highest BCUT2D eigenvalue weighted by atomic mass is 35.5. The van der Waals surface area contributed by atoms with E-state index in [0.717, 1.165) is 12.8 Å². The molecule has 1 aliphatic heterocycles. The minimum atomic E-state index is -4.65. The minimum absolute atomic E-state index is 0.0333. The Labute approximate surface area is 209 Å². The van der Waals surface area contributed by atoms with Gasteiger partial charge in [0, 0.05) is 41.3 Å². The molecule has 36 heavy (non-hydrogen) atoms. The summed E-state index contributed by atoms with van der Waals surface area (Å²) in [5, 5.41) is 14.1. The van der Waals surface area contributed by atoms with Crippen molar-refractivity contribution < 1.29 is 41.7 Å². The Morgan fingerprint density at radius 2 is 1.97 bits per heavy atom. The van der Waals surface area contributed by atoms with Gasteiger partial charge in [-0.15, -0.1) is 13.2 Å². The van der Waals surface area contributed by atoms with Crippen molar-refractivity contribution in [3.05, 3.63) is 40.7 Å². The highest BCUT2D eigenvalue weighted by molar-refractivity contribution is 6.30. The van der Waals surface area contributed by atoms with E-state index in [-0.39, 0.29) is 42.7 Å². The van der Waals surface area contributed by atoms with Crippen LogP contribution >= 0.6 is 11.6 Å². The third kappa shape index (κ3) is 4.52. The van der Waals surface area contributed by atoms with Gasteiger partial charge in [0.25, 0.3) is 5.91 Å². The smallest absolute Gasteiger partial charge is 0.480 e. The first-order chi connectivity index (χ1) is 17.1. The molecular formula is C24H24ClF3N2O6. The third-order valence-electron chi connectivity index (χ3n) is 7.69. The topological polar surface area (TPSA) is 103 Å². The number of benzene rings is 1. The minimum Gasteiger partial charge on any atom is -0.480 e. The number of aliphatic hydroxyl groups excluding tert-OH is 1. The number of carbonyl (C=O) groups is 1. The fourth-order valence-corrected chi connectivity index (χ4v) is 6.11. The molecule has 1 amide bonds. The molecule has 2 N–H and O–H groups in total. The zero-order valence-electron chi connectivity index (χ0n) is 19.0. The van der Waals surface area contributed by atoms with Gasteiger partial charge in [0.05, 0.1) is 18.4 Å². The van der Waals surface area contributed by atoms with Crippen molar-refractivity contribution in [1.29, 1.82) is 0 Å². The van der Waals surface area contributed by atoms with E-state index in [9.17, 15) is 23.1 Å². The van der Waals surface area contributed by atoms with Crippen molar-refractivity contribution in [3.8, 4) is 11.8 Å². The molecule has 194 valence electrons. The summed E-state index contributed by atoms with van der Waals surface area (Å²) in [6.45, 7) is 0. The van der Waals surface area contributed by atoms with Gasteiger partial charge in [0.2, 0.25) is 0 Å². The Morgan fingerprint density at radius 3 is 2.72 bits per heavy atom. The second-order valence-electron chi connectivity index (χ2n) is 10.2. The Kier molecular flexibility index (Phi) is 5.65. The average Bonchev–Trinajstić information content (AvgIpc) is 3.44. The van der Waals surface area contributed by atoms with Crippen LogP contribution in [-0.2, 0) is 9.53 Å². The van der Waals surface area contributed by atoms with Gasteiger partial charge in [0.1, 0.15) is 17.6 Å². The van der Waals surface area contributed by atoms with Gasteiger partial charge in [-0.25, -0.2) is 0 Å². The Morgan fingerprint density at radius 1 is 1.19 bits per heavy atom. The van der Waals surface area contributed by atoms with Crippen molar-refractivity contribution in [2.45, 2.75) is 80.8 Å².